The number of phenolic OH excluding ortho intramolecular Hbond substituents is 2. The maximum Gasteiger partial charge on any atom is 0.321 e. The van der Waals surface area contributed by atoms with E-state index in [1.165, 1.54) is 18.2 Å². The molecule has 0 aliphatic rings. The Morgan fingerprint density at radius 1 is 1.33 bits per heavy atom. The molecule has 1 aromatic carbocycles. The summed E-state index contributed by atoms with van der Waals surface area (Å²) in [6.07, 6.45) is 0. The van der Waals surface area contributed by atoms with Crippen LogP contribution in [-0.2, 0) is 4.79 Å². The molecule has 15 heavy (non-hydrogen) atoms. The largest absolute Gasteiger partial charge is 0.504 e. The third-order valence-electron chi connectivity index (χ3n) is 2.35. The SMILES string of the molecule is CC(c1ccc(O)c(O)c1)[C@H](N)C(=O)O. The van der Waals surface area contributed by atoms with Crippen LogP contribution in [-0.4, -0.2) is 27.3 Å². The average molecular weight is 211 g/mol. The van der Waals surface area contributed by atoms with Gasteiger partial charge in [-0.05, 0) is 17.7 Å². The lowest BCUT2D eigenvalue weighted by Crippen LogP contribution is -2.35. The fourth-order valence-electron chi connectivity index (χ4n) is 1.24. The van der Waals surface area contributed by atoms with Gasteiger partial charge in [-0.1, -0.05) is 13.0 Å². The fourth-order valence-corrected chi connectivity index (χ4v) is 1.24. The van der Waals surface area contributed by atoms with Crippen molar-refractivity contribution in [1.29, 1.82) is 0 Å². The average Bonchev–Trinajstić information content (AvgIpc) is 2.19. The summed E-state index contributed by atoms with van der Waals surface area (Å²) in [5.41, 5.74) is 6.01. The molecule has 82 valence electrons. The number of carbonyl (C=O) groups is 1. The Labute approximate surface area is 86.8 Å². The Balaban J connectivity index is 2.96. The lowest BCUT2D eigenvalue weighted by Gasteiger charge is -2.16. The molecule has 0 aromatic heterocycles. The van der Waals surface area contributed by atoms with Crippen molar-refractivity contribution in [3.05, 3.63) is 23.8 Å². The number of aliphatic carboxylic acids is 1. The number of hydrogen-bond acceptors (Lipinski definition) is 4. The van der Waals surface area contributed by atoms with E-state index in [0.717, 1.165) is 0 Å². The van der Waals surface area contributed by atoms with E-state index in [2.05, 4.69) is 0 Å². The molecule has 0 saturated heterocycles. The first kappa shape index (κ1) is 11.3. The second-order valence-electron chi connectivity index (χ2n) is 3.40. The fraction of sp³-hybridized carbons (Fsp3) is 0.300. The molecule has 0 fully saturated rings. The van der Waals surface area contributed by atoms with Crippen LogP contribution >= 0.6 is 0 Å². The third kappa shape index (κ3) is 2.38. The first-order valence-electron chi connectivity index (χ1n) is 4.43. The minimum Gasteiger partial charge on any atom is -0.504 e. The molecule has 1 unspecified atom stereocenters. The van der Waals surface area contributed by atoms with E-state index in [1.807, 2.05) is 0 Å². The summed E-state index contributed by atoms with van der Waals surface area (Å²) < 4.78 is 0. The second-order valence-corrected chi connectivity index (χ2v) is 3.40. The molecule has 5 nitrogen and oxygen atoms in total. The molecule has 0 saturated carbocycles. The molecule has 2 atom stereocenters. The van der Waals surface area contributed by atoms with Gasteiger partial charge in [-0.3, -0.25) is 4.79 Å². The van der Waals surface area contributed by atoms with E-state index in [-0.39, 0.29) is 11.5 Å². The van der Waals surface area contributed by atoms with Crippen LogP contribution in [0, 0.1) is 0 Å². The number of carboxylic acid groups (broad SMARTS) is 1. The van der Waals surface area contributed by atoms with Crippen LogP contribution in [0.3, 0.4) is 0 Å². The van der Waals surface area contributed by atoms with Crippen LogP contribution in [0.25, 0.3) is 0 Å². The summed E-state index contributed by atoms with van der Waals surface area (Å²) in [7, 11) is 0. The maximum absolute atomic E-state index is 10.6. The van der Waals surface area contributed by atoms with Gasteiger partial charge < -0.3 is 21.1 Å². The van der Waals surface area contributed by atoms with Crippen LogP contribution in [0.1, 0.15) is 18.4 Å². The monoisotopic (exact) mass is 211 g/mol. The number of aromatic hydroxyl groups is 2. The van der Waals surface area contributed by atoms with E-state index in [4.69, 9.17) is 15.9 Å². The van der Waals surface area contributed by atoms with E-state index >= 15 is 0 Å². The number of nitrogens with two attached hydrogens (primary N) is 1. The van der Waals surface area contributed by atoms with E-state index in [1.54, 1.807) is 6.92 Å². The van der Waals surface area contributed by atoms with Crippen molar-refractivity contribution < 1.29 is 20.1 Å². The molecular formula is C10H13NO4. The molecule has 0 spiro atoms. The quantitative estimate of drug-likeness (QED) is 0.548. The molecule has 1 aromatic rings. The van der Waals surface area contributed by atoms with E-state index in [9.17, 15) is 9.90 Å². The number of phenols is 2. The zero-order chi connectivity index (χ0) is 11.6. The molecular weight excluding hydrogens is 198 g/mol. The molecule has 0 radical (unpaired) electrons. The van der Waals surface area contributed by atoms with Crippen LogP contribution in [0.2, 0.25) is 0 Å². The van der Waals surface area contributed by atoms with Gasteiger partial charge in [0.2, 0.25) is 0 Å². The number of benzene rings is 1. The number of hydrogen-bond donors (Lipinski definition) is 4. The van der Waals surface area contributed by atoms with Crippen LogP contribution in [0.4, 0.5) is 0 Å². The van der Waals surface area contributed by atoms with Gasteiger partial charge in [0.1, 0.15) is 6.04 Å². The van der Waals surface area contributed by atoms with Gasteiger partial charge in [0.05, 0.1) is 0 Å². The number of rotatable bonds is 3. The van der Waals surface area contributed by atoms with Crippen LogP contribution < -0.4 is 5.73 Å². The zero-order valence-electron chi connectivity index (χ0n) is 8.21. The summed E-state index contributed by atoms with van der Waals surface area (Å²) in [6, 6.07) is 3.11. The van der Waals surface area contributed by atoms with Crippen molar-refractivity contribution in [3.63, 3.8) is 0 Å². The Bertz CT molecular complexity index is 378. The normalized spacial score (nSPS) is 14.5. The molecule has 0 aliphatic carbocycles. The highest BCUT2D eigenvalue weighted by atomic mass is 16.4. The van der Waals surface area contributed by atoms with Gasteiger partial charge in [-0.25, -0.2) is 0 Å². The summed E-state index contributed by atoms with van der Waals surface area (Å²) in [4.78, 5) is 10.6. The molecule has 5 heteroatoms. The summed E-state index contributed by atoms with van der Waals surface area (Å²) >= 11 is 0. The molecule has 5 N–H and O–H groups in total. The van der Waals surface area contributed by atoms with Gasteiger partial charge in [-0.2, -0.15) is 0 Å². The smallest absolute Gasteiger partial charge is 0.321 e. The topological polar surface area (TPSA) is 104 Å². The van der Waals surface area contributed by atoms with Crippen molar-refractivity contribution in [2.24, 2.45) is 5.73 Å². The van der Waals surface area contributed by atoms with Gasteiger partial charge in [0.25, 0.3) is 0 Å². The van der Waals surface area contributed by atoms with Crippen molar-refractivity contribution in [2.45, 2.75) is 18.9 Å². The molecule has 0 aliphatic heterocycles. The summed E-state index contributed by atoms with van der Waals surface area (Å²) in [5, 5.41) is 27.0. The first-order valence-corrected chi connectivity index (χ1v) is 4.43. The zero-order valence-corrected chi connectivity index (χ0v) is 8.21. The minimum absolute atomic E-state index is 0.241. The van der Waals surface area contributed by atoms with Crippen molar-refractivity contribution in [2.75, 3.05) is 0 Å². The third-order valence-corrected chi connectivity index (χ3v) is 2.35. The Morgan fingerprint density at radius 2 is 1.93 bits per heavy atom. The summed E-state index contributed by atoms with van der Waals surface area (Å²) in [6.45, 7) is 1.64. The van der Waals surface area contributed by atoms with Crippen molar-refractivity contribution in [1.82, 2.24) is 0 Å². The van der Waals surface area contributed by atoms with E-state index < -0.39 is 17.9 Å². The molecule has 1 rings (SSSR count). The Morgan fingerprint density at radius 3 is 2.40 bits per heavy atom. The molecule has 0 amide bonds. The Hall–Kier alpha value is -1.75. The van der Waals surface area contributed by atoms with Gasteiger partial charge >= 0.3 is 5.97 Å². The minimum atomic E-state index is -1.10. The standard InChI is InChI=1S/C10H13NO4/c1-5(9(11)10(14)15)6-2-3-7(12)8(13)4-6/h2-5,9,12-13H,11H2,1H3,(H,14,15)/t5?,9-/m0/s1. The molecule has 0 bridgehead atoms. The van der Waals surface area contributed by atoms with E-state index in [0.29, 0.717) is 5.56 Å². The highest BCUT2D eigenvalue weighted by Crippen LogP contribution is 2.29. The maximum atomic E-state index is 10.6. The number of carboxylic acids is 1. The van der Waals surface area contributed by atoms with Crippen LogP contribution in [0.5, 0.6) is 11.5 Å². The van der Waals surface area contributed by atoms with Crippen molar-refractivity contribution >= 4 is 5.97 Å². The van der Waals surface area contributed by atoms with Gasteiger partial charge in [-0.15, -0.1) is 0 Å². The van der Waals surface area contributed by atoms with Gasteiger partial charge in [0.15, 0.2) is 11.5 Å². The second kappa shape index (κ2) is 4.18. The lowest BCUT2D eigenvalue weighted by atomic mass is 9.94. The summed E-state index contributed by atoms with van der Waals surface area (Å²) in [5.74, 6) is -2.06. The Kier molecular flexibility index (Phi) is 3.16. The highest BCUT2D eigenvalue weighted by Gasteiger charge is 2.22. The molecule has 0 heterocycles. The lowest BCUT2D eigenvalue weighted by molar-refractivity contribution is -0.139. The van der Waals surface area contributed by atoms with Crippen LogP contribution in [0.15, 0.2) is 18.2 Å². The first-order chi connectivity index (χ1) is 6.93. The van der Waals surface area contributed by atoms with Gasteiger partial charge in [0, 0.05) is 5.92 Å². The van der Waals surface area contributed by atoms with Crippen molar-refractivity contribution in [3.8, 4) is 11.5 Å². The predicted molar refractivity (Wildman–Crippen MR) is 53.8 cm³/mol. The predicted octanol–water partition coefficient (Wildman–Crippen LogP) is 0.613. The highest BCUT2D eigenvalue weighted by molar-refractivity contribution is 5.74.